The fourth-order valence-electron chi connectivity index (χ4n) is 3.12. The predicted molar refractivity (Wildman–Crippen MR) is 115 cm³/mol. The molecule has 0 radical (unpaired) electrons. The van der Waals surface area contributed by atoms with Crippen LogP contribution in [0.25, 0.3) is 6.08 Å². The van der Waals surface area contributed by atoms with E-state index >= 15 is 0 Å². The molecule has 2 aromatic rings. The summed E-state index contributed by atoms with van der Waals surface area (Å²) in [7, 11) is -3.33. The second kappa shape index (κ2) is 8.29. The Balaban J connectivity index is 1.66. The van der Waals surface area contributed by atoms with Gasteiger partial charge in [0.15, 0.2) is 0 Å². The molecule has 0 fully saturated rings. The molecule has 7 heteroatoms. The number of hydrogen-bond acceptors (Lipinski definition) is 4. The molecule has 0 unspecified atom stereocenters. The van der Waals surface area contributed by atoms with Crippen molar-refractivity contribution in [3.8, 4) is 5.75 Å². The monoisotopic (exact) mass is 414 g/mol. The number of rotatable bonds is 6. The summed E-state index contributed by atoms with van der Waals surface area (Å²) >= 11 is 0. The van der Waals surface area contributed by atoms with Gasteiger partial charge in [0, 0.05) is 12.1 Å². The van der Waals surface area contributed by atoms with Crippen LogP contribution >= 0.6 is 0 Å². The maximum absolute atomic E-state index is 12.5. The summed E-state index contributed by atoms with van der Waals surface area (Å²) < 4.78 is 31.0. The van der Waals surface area contributed by atoms with Gasteiger partial charge in [-0.15, -0.1) is 0 Å². The number of ether oxygens (including phenoxy) is 1. The number of nitrogens with one attached hydrogen (secondary N) is 2. The zero-order valence-electron chi connectivity index (χ0n) is 17.1. The summed E-state index contributed by atoms with van der Waals surface area (Å²) in [5.41, 5.74) is 4.88. The lowest BCUT2D eigenvalue weighted by Crippen LogP contribution is -2.28. The summed E-state index contributed by atoms with van der Waals surface area (Å²) in [4.78, 5) is 12.5. The third-order valence-electron chi connectivity index (χ3n) is 4.75. The van der Waals surface area contributed by atoms with E-state index < -0.39 is 10.0 Å². The van der Waals surface area contributed by atoms with Gasteiger partial charge in [0.2, 0.25) is 10.0 Å². The van der Waals surface area contributed by atoms with Gasteiger partial charge in [0.1, 0.15) is 12.4 Å². The Morgan fingerprint density at radius 3 is 2.59 bits per heavy atom. The lowest BCUT2D eigenvalue weighted by molar-refractivity contribution is -0.117. The molecule has 2 N–H and O–H groups in total. The summed E-state index contributed by atoms with van der Waals surface area (Å²) in [6, 6.07) is 11.4. The standard InChI is InChI=1S/C22H26N2O4S/c1-14(2)17-6-7-18-10-19(13-28-21(18)11-17)22(25)23-12-16-5-8-20(15(3)9-16)24-29(4,26)27/h5-11,14,24H,12-13H2,1-4H3,(H,23,25). The van der Waals surface area contributed by atoms with Crippen molar-refractivity contribution in [2.75, 3.05) is 17.6 Å². The molecular formula is C22H26N2O4S. The van der Waals surface area contributed by atoms with E-state index in [0.29, 0.717) is 23.7 Å². The van der Waals surface area contributed by atoms with Gasteiger partial charge in [-0.2, -0.15) is 0 Å². The van der Waals surface area contributed by atoms with Crippen molar-refractivity contribution in [2.24, 2.45) is 0 Å². The first-order valence-electron chi connectivity index (χ1n) is 9.45. The van der Waals surface area contributed by atoms with Crippen molar-refractivity contribution >= 4 is 27.7 Å². The zero-order valence-corrected chi connectivity index (χ0v) is 17.9. The first-order chi connectivity index (χ1) is 13.6. The Bertz CT molecular complexity index is 1070. The van der Waals surface area contributed by atoms with Gasteiger partial charge in [-0.1, -0.05) is 38.1 Å². The van der Waals surface area contributed by atoms with E-state index in [1.165, 1.54) is 5.56 Å². The molecule has 6 nitrogen and oxygen atoms in total. The number of benzene rings is 2. The molecule has 0 saturated heterocycles. The van der Waals surface area contributed by atoms with E-state index in [4.69, 9.17) is 4.74 Å². The van der Waals surface area contributed by atoms with Crippen LogP contribution in [0.3, 0.4) is 0 Å². The Kier molecular flexibility index (Phi) is 5.98. The molecule has 1 heterocycles. The van der Waals surface area contributed by atoms with Gasteiger partial charge in [-0.3, -0.25) is 9.52 Å². The van der Waals surface area contributed by atoms with Crippen molar-refractivity contribution < 1.29 is 17.9 Å². The Morgan fingerprint density at radius 2 is 1.93 bits per heavy atom. The van der Waals surface area contributed by atoms with E-state index in [2.05, 4.69) is 30.0 Å². The first kappa shape index (κ1) is 20.9. The minimum absolute atomic E-state index is 0.181. The van der Waals surface area contributed by atoms with Gasteiger partial charge in [0.05, 0.1) is 17.5 Å². The molecule has 3 rings (SSSR count). The number of carbonyl (C=O) groups is 1. The minimum Gasteiger partial charge on any atom is -0.488 e. The molecular weight excluding hydrogens is 388 g/mol. The predicted octanol–water partition coefficient (Wildman–Crippen LogP) is 3.58. The highest BCUT2D eigenvalue weighted by molar-refractivity contribution is 7.92. The first-order valence-corrected chi connectivity index (χ1v) is 11.3. The fraction of sp³-hybridized carbons (Fsp3) is 0.318. The smallest absolute Gasteiger partial charge is 0.250 e. The van der Waals surface area contributed by atoms with Crippen LogP contribution in [0.4, 0.5) is 5.69 Å². The Hall–Kier alpha value is -2.80. The molecule has 0 spiro atoms. The van der Waals surface area contributed by atoms with Gasteiger partial charge >= 0.3 is 0 Å². The average molecular weight is 415 g/mol. The molecule has 0 bridgehead atoms. The third kappa shape index (κ3) is 5.38. The zero-order chi connectivity index (χ0) is 21.2. The topological polar surface area (TPSA) is 84.5 Å². The number of aryl methyl sites for hydroxylation is 1. The number of amides is 1. The fourth-order valence-corrected chi connectivity index (χ4v) is 3.74. The van der Waals surface area contributed by atoms with Gasteiger partial charge in [0.25, 0.3) is 5.91 Å². The molecule has 0 atom stereocenters. The largest absolute Gasteiger partial charge is 0.488 e. The van der Waals surface area contributed by atoms with Gasteiger partial charge in [-0.25, -0.2) is 8.42 Å². The SMILES string of the molecule is Cc1cc(CNC(=O)C2=Cc3ccc(C(C)C)cc3OC2)ccc1NS(C)(=O)=O. The maximum atomic E-state index is 12.5. The highest BCUT2D eigenvalue weighted by Crippen LogP contribution is 2.30. The summed E-state index contributed by atoms with van der Waals surface area (Å²) in [5.74, 6) is 1.04. The highest BCUT2D eigenvalue weighted by atomic mass is 32.2. The minimum atomic E-state index is -3.33. The van der Waals surface area contributed by atoms with E-state index in [9.17, 15) is 13.2 Å². The van der Waals surface area contributed by atoms with Crippen molar-refractivity contribution in [1.82, 2.24) is 5.32 Å². The molecule has 1 amide bonds. The maximum Gasteiger partial charge on any atom is 0.250 e. The molecule has 154 valence electrons. The number of carbonyl (C=O) groups excluding carboxylic acids is 1. The van der Waals surface area contributed by atoms with Crippen LogP contribution in [-0.4, -0.2) is 27.2 Å². The summed E-state index contributed by atoms with van der Waals surface area (Å²) in [6.45, 7) is 6.65. The Morgan fingerprint density at radius 1 is 1.17 bits per heavy atom. The number of sulfonamides is 1. The lowest BCUT2D eigenvalue weighted by Gasteiger charge is -2.19. The van der Waals surface area contributed by atoms with Crippen molar-refractivity contribution in [3.63, 3.8) is 0 Å². The average Bonchev–Trinajstić information content (AvgIpc) is 2.66. The summed E-state index contributed by atoms with van der Waals surface area (Å²) in [5, 5.41) is 2.90. The van der Waals surface area contributed by atoms with Crippen LogP contribution in [-0.2, 0) is 21.4 Å². The Labute approximate surface area is 172 Å². The van der Waals surface area contributed by atoms with Gasteiger partial charge < -0.3 is 10.1 Å². The van der Waals surface area contributed by atoms with E-state index in [-0.39, 0.29) is 12.5 Å². The van der Waals surface area contributed by atoms with E-state index in [1.807, 2.05) is 31.2 Å². The molecule has 1 aliphatic rings. The quantitative estimate of drug-likeness (QED) is 0.757. The number of anilines is 1. The molecule has 29 heavy (non-hydrogen) atoms. The molecule has 0 aromatic heterocycles. The van der Waals surface area contributed by atoms with Gasteiger partial charge in [-0.05, 0) is 47.7 Å². The van der Waals surface area contributed by atoms with Crippen LogP contribution in [0.2, 0.25) is 0 Å². The van der Waals surface area contributed by atoms with Crippen LogP contribution in [0.5, 0.6) is 5.75 Å². The van der Waals surface area contributed by atoms with Crippen molar-refractivity contribution in [2.45, 2.75) is 33.2 Å². The van der Waals surface area contributed by atoms with Crippen LogP contribution in [0.15, 0.2) is 42.0 Å². The van der Waals surface area contributed by atoms with Crippen LogP contribution in [0, 0.1) is 6.92 Å². The summed E-state index contributed by atoms with van der Waals surface area (Å²) in [6.07, 6.45) is 2.98. The molecule has 2 aromatic carbocycles. The lowest BCUT2D eigenvalue weighted by atomic mass is 9.99. The number of hydrogen-bond donors (Lipinski definition) is 2. The third-order valence-corrected chi connectivity index (χ3v) is 5.34. The van der Waals surface area contributed by atoms with E-state index in [0.717, 1.165) is 28.7 Å². The van der Waals surface area contributed by atoms with Crippen LogP contribution < -0.4 is 14.8 Å². The molecule has 0 saturated carbocycles. The second-order valence-electron chi connectivity index (χ2n) is 7.62. The van der Waals surface area contributed by atoms with E-state index in [1.54, 1.807) is 12.1 Å². The molecule has 0 aliphatic carbocycles. The van der Waals surface area contributed by atoms with Crippen molar-refractivity contribution in [3.05, 3.63) is 64.2 Å². The van der Waals surface area contributed by atoms with Crippen LogP contribution in [0.1, 0.15) is 42.0 Å². The highest BCUT2D eigenvalue weighted by Gasteiger charge is 2.18. The second-order valence-corrected chi connectivity index (χ2v) is 9.36. The molecule has 1 aliphatic heterocycles. The number of fused-ring (bicyclic) bond motifs is 1. The normalized spacial score (nSPS) is 13.3. The van der Waals surface area contributed by atoms with Crippen molar-refractivity contribution in [1.29, 1.82) is 0 Å².